The SMILES string of the molecule is CCCC(=O)OC1(CCC)[C@@H](c2ccccc2)[C@@H]1c1ccccc1. The van der Waals surface area contributed by atoms with Crippen molar-refractivity contribution in [3.05, 3.63) is 71.8 Å². The standard InChI is InChI=1S/C22H26O2/c1-3-11-19(23)24-22(16-4-2)20(17-12-7-5-8-13-17)21(22)18-14-9-6-10-15-18/h5-10,12-15,20-21H,3-4,11,16H2,1-2H3/t20-,21-/m0/s1. The Hall–Kier alpha value is -2.09. The number of hydrogen-bond acceptors (Lipinski definition) is 2. The van der Waals surface area contributed by atoms with E-state index in [-0.39, 0.29) is 23.4 Å². The Bertz CT molecular complexity index is 617. The molecule has 0 spiro atoms. The summed E-state index contributed by atoms with van der Waals surface area (Å²) in [6, 6.07) is 21.0. The first-order valence-corrected chi connectivity index (χ1v) is 9.04. The van der Waals surface area contributed by atoms with Gasteiger partial charge >= 0.3 is 5.97 Å². The van der Waals surface area contributed by atoms with Crippen LogP contribution in [0.3, 0.4) is 0 Å². The van der Waals surface area contributed by atoms with Crippen molar-refractivity contribution < 1.29 is 9.53 Å². The quantitative estimate of drug-likeness (QED) is 0.634. The van der Waals surface area contributed by atoms with Crippen LogP contribution in [0.15, 0.2) is 60.7 Å². The zero-order valence-corrected chi connectivity index (χ0v) is 14.6. The summed E-state index contributed by atoms with van der Waals surface area (Å²) in [5.41, 5.74) is 2.15. The molecular formula is C22H26O2. The van der Waals surface area contributed by atoms with Gasteiger partial charge in [0.15, 0.2) is 0 Å². The molecule has 2 nitrogen and oxygen atoms in total. The predicted octanol–water partition coefficient (Wildman–Crippen LogP) is 5.45. The van der Waals surface area contributed by atoms with Crippen LogP contribution in [-0.2, 0) is 9.53 Å². The van der Waals surface area contributed by atoms with Crippen molar-refractivity contribution in [2.75, 3.05) is 0 Å². The van der Waals surface area contributed by atoms with Gasteiger partial charge in [-0.1, -0.05) is 80.9 Å². The lowest BCUT2D eigenvalue weighted by molar-refractivity contribution is -0.152. The fourth-order valence-corrected chi connectivity index (χ4v) is 4.03. The van der Waals surface area contributed by atoms with Crippen molar-refractivity contribution in [1.82, 2.24) is 0 Å². The molecule has 1 aliphatic rings. The monoisotopic (exact) mass is 322 g/mol. The lowest BCUT2D eigenvalue weighted by Gasteiger charge is -2.19. The minimum atomic E-state index is -0.385. The second-order valence-electron chi connectivity index (χ2n) is 6.71. The van der Waals surface area contributed by atoms with Crippen molar-refractivity contribution in [1.29, 1.82) is 0 Å². The first-order chi connectivity index (χ1) is 11.7. The van der Waals surface area contributed by atoms with Gasteiger partial charge in [0.2, 0.25) is 0 Å². The molecule has 0 bridgehead atoms. The molecule has 2 heteroatoms. The molecule has 0 radical (unpaired) electrons. The maximum absolute atomic E-state index is 12.3. The van der Waals surface area contributed by atoms with E-state index in [2.05, 4.69) is 55.5 Å². The number of carbonyl (C=O) groups excluding carboxylic acids is 1. The van der Waals surface area contributed by atoms with Crippen LogP contribution in [0.1, 0.15) is 62.5 Å². The highest BCUT2D eigenvalue weighted by atomic mass is 16.6. The third kappa shape index (κ3) is 3.10. The number of esters is 1. The second kappa shape index (κ2) is 7.21. The lowest BCUT2D eigenvalue weighted by atomic mass is 10.0. The number of rotatable bonds is 7. The van der Waals surface area contributed by atoms with Gasteiger partial charge in [-0.05, 0) is 24.0 Å². The third-order valence-corrected chi connectivity index (χ3v) is 4.99. The summed E-state index contributed by atoms with van der Waals surface area (Å²) >= 11 is 0. The van der Waals surface area contributed by atoms with Gasteiger partial charge in [-0.15, -0.1) is 0 Å². The van der Waals surface area contributed by atoms with Crippen molar-refractivity contribution in [3.63, 3.8) is 0 Å². The van der Waals surface area contributed by atoms with E-state index in [0.29, 0.717) is 6.42 Å². The Labute approximate surface area is 144 Å². The zero-order chi connectivity index (χ0) is 17.0. The molecule has 2 atom stereocenters. The number of ether oxygens (including phenoxy) is 1. The van der Waals surface area contributed by atoms with E-state index in [1.165, 1.54) is 11.1 Å². The highest BCUT2D eigenvalue weighted by molar-refractivity contribution is 5.71. The average Bonchev–Trinajstić information content (AvgIpc) is 3.24. The molecule has 0 unspecified atom stereocenters. The van der Waals surface area contributed by atoms with Gasteiger partial charge in [0.25, 0.3) is 0 Å². The van der Waals surface area contributed by atoms with Crippen molar-refractivity contribution in [2.45, 2.75) is 57.0 Å². The van der Waals surface area contributed by atoms with Crippen molar-refractivity contribution >= 4 is 5.97 Å². The number of carbonyl (C=O) groups is 1. The largest absolute Gasteiger partial charge is 0.458 e. The Kier molecular flexibility index (Phi) is 5.03. The first kappa shape index (κ1) is 16.8. The van der Waals surface area contributed by atoms with Crippen LogP contribution in [-0.4, -0.2) is 11.6 Å². The van der Waals surface area contributed by atoms with E-state index < -0.39 is 0 Å². The molecule has 1 aliphatic carbocycles. The highest BCUT2D eigenvalue weighted by Gasteiger charge is 2.68. The maximum Gasteiger partial charge on any atom is 0.306 e. The van der Waals surface area contributed by atoms with Gasteiger partial charge in [-0.25, -0.2) is 0 Å². The zero-order valence-electron chi connectivity index (χ0n) is 14.6. The minimum absolute atomic E-state index is 0.0645. The van der Waals surface area contributed by atoms with E-state index >= 15 is 0 Å². The van der Waals surface area contributed by atoms with Crippen LogP contribution < -0.4 is 0 Å². The molecule has 1 fully saturated rings. The van der Waals surface area contributed by atoms with E-state index in [9.17, 15) is 4.79 Å². The highest BCUT2D eigenvalue weighted by Crippen LogP contribution is 2.67. The summed E-state index contributed by atoms with van der Waals surface area (Å²) in [5, 5.41) is 0. The molecule has 0 saturated heterocycles. The Morgan fingerprint density at radius 3 is 1.79 bits per heavy atom. The van der Waals surface area contributed by atoms with Crippen LogP contribution in [0.2, 0.25) is 0 Å². The molecule has 2 aromatic carbocycles. The Morgan fingerprint density at radius 2 is 1.38 bits per heavy atom. The average molecular weight is 322 g/mol. The molecule has 0 heterocycles. The molecule has 1 saturated carbocycles. The van der Waals surface area contributed by atoms with E-state index in [1.807, 2.05) is 19.1 Å². The summed E-state index contributed by atoms with van der Waals surface area (Å²) in [6.45, 7) is 4.18. The summed E-state index contributed by atoms with van der Waals surface area (Å²) in [4.78, 5) is 12.3. The Balaban J connectivity index is 1.97. The molecular weight excluding hydrogens is 296 g/mol. The molecule has 24 heavy (non-hydrogen) atoms. The maximum atomic E-state index is 12.3. The fourth-order valence-electron chi connectivity index (χ4n) is 4.03. The van der Waals surface area contributed by atoms with Crippen molar-refractivity contribution in [2.24, 2.45) is 0 Å². The van der Waals surface area contributed by atoms with Crippen LogP contribution in [0.25, 0.3) is 0 Å². The summed E-state index contributed by atoms with van der Waals surface area (Å²) < 4.78 is 6.12. The minimum Gasteiger partial charge on any atom is -0.458 e. The first-order valence-electron chi connectivity index (χ1n) is 9.04. The topological polar surface area (TPSA) is 26.3 Å². The molecule has 0 aliphatic heterocycles. The number of hydrogen-bond donors (Lipinski definition) is 0. The normalized spacial score (nSPS) is 25.2. The van der Waals surface area contributed by atoms with Gasteiger partial charge < -0.3 is 4.74 Å². The van der Waals surface area contributed by atoms with E-state index in [1.54, 1.807) is 0 Å². The molecule has 126 valence electrons. The van der Waals surface area contributed by atoms with Gasteiger partial charge in [-0.2, -0.15) is 0 Å². The summed E-state index contributed by atoms with van der Waals surface area (Å²) in [6.07, 6.45) is 3.23. The fraction of sp³-hybridized carbons (Fsp3) is 0.409. The van der Waals surface area contributed by atoms with Crippen LogP contribution in [0.5, 0.6) is 0 Å². The van der Waals surface area contributed by atoms with Crippen LogP contribution in [0.4, 0.5) is 0 Å². The molecule has 3 rings (SSSR count). The van der Waals surface area contributed by atoms with E-state index in [4.69, 9.17) is 4.74 Å². The summed E-state index contributed by atoms with van der Waals surface area (Å²) in [5.74, 6) is 0.439. The van der Waals surface area contributed by atoms with Gasteiger partial charge in [0.05, 0.1) is 0 Å². The smallest absolute Gasteiger partial charge is 0.306 e. The van der Waals surface area contributed by atoms with Crippen LogP contribution >= 0.6 is 0 Å². The molecule has 0 amide bonds. The van der Waals surface area contributed by atoms with E-state index in [0.717, 1.165) is 19.3 Å². The van der Waals surface area contributed by atoms with Gasteiger partial charge in [0.1, 0.15) is 5.60 Å². The Morgan fingerprint density at radius 1 is 0.875 bits per heavy atom. The number of benzene rings is 2. The molecule has 2 aromatic rings. The third-order valence-electron chi connectivity index (χ3n) is 4.99. The van der Waals surface area contributed by atoms with Crippen molar-refractivity contribution in [3.8, 4) is 0 Å². The predicted molar refractivity (Wildman–Crippen MR) is 97.0 cm³/mol. The van der Waals surface area contributed by atoms with Crippen LogP contribution in [0, 0.1) is 0 Å². The summed E-state index contributed by atoms with van der Waals surface area (Å²) in [7, 11) is 0. The molecule has 0 N–H and O–H groups in total. The van der Waals surface area contributed by atoms with Gasteiger partial charge in [-0.3, -0.25) is 4.79 Å². The second-order valence-corrected chi connectivity index (χ2v) is 6.71. The molecule has 0 aromatic heterocycles. The van der Waals surface area contributed by atoms with Gasteiger partial charge in [0, 0.05) is 18.3 Å². The lowest BCUT2D eigenvalue weighted by Crippen LogP contribution is -2.23.